The van der Waals surface area contributed by atoms with Crippen molar-refractivity contribution in [3.8, 4) is 0 Å². The predicted octanol–water partition coefficient (Wildman–Crippen LogP) is 0.901. The van der Waals surface area contributed by atoms with Crippen LogP contribution in [0.15, 0.2) is 24.4 Å². The number of aromatic nitrogens is 1. The summed E-state index contributed by atoms with van der Waals surface area (Å²) < 4.78 is 0. The molecule has 1 aromatic rings. The van der Waals surface area contributed by atoms with E-state index in [0.717, 1.165) is 32.0 Å². The van der Waals surface area contributed by atoms with Gasteiger partial charge in [-0.05, 0) is 26.0 Å². The second kappa shape index (κ2) is 9.93. The highest BCUT2D eigenvalue weighted by atomic mass is 35.5. The van der Waals surface area contributed by atoms with E-state index in [4.69, 9.17) is 5.73 Å². The lowest BCUT2D eigenvalue weighted by Gasteiger charge is -2.35. The number of nitrogens with one attached hydrogen (secondary N) is 1. The van der Waals surface area contributed by atoms with Crippen LogP contribution < -0.4 is 16.0 Å². The second-order valence-corrected chi connectivity index (χ2v) is 6.22. The lowest BCUT2D eigenvalue weighted by molar-refractivity contribution is -0.122. The van der Waals surface area contributed by atoms with Crippen molar-refractivity contribution in [1.29, 1.82) is 0 Å². The van der Waals surface area contributed by atoms with Gasteiger partial charge < -0.3 is 16.0 Å². The van der Waals surface area contributed by atoms with Gasteiger partial charge in [-0.3, -0.25) is 9.69 Å². The van der Waals surface area contributed by atoms with Crippen LogP contribution >= 0.6 is 24.8 Å². The third kappa shape index (κ3) is 7.83. The number of halogens is 2. The van der Waals surface area contributed by atoms with Crippen molar-refractivity contribution >= 4 is 36.5 Å². The van der Waals surface area contributed by atoms with Crippen molar-refractivity contribution in [2.75, 3.05) is 44.2 Å². The third-order valence-electron chi connectivity index (χ3n) is 3.45. The number of rotatable bonds is 5. The fourth-order valence-corrected chi connectivity index (χ4v) is 2.26. The number of nitrogens with two attached hydrogens (primary N) is 1. The highest BCUT2D eigenvalue weighted by Gasteiger charge is 2.20. The van der Waals surface area contributed by atoms with Crippen LogP contribution in [0.1, 0.15) is 13.8 Å². The first-order chi connectivity index (χ1) is 9.94. The SMILES string of the molecule is CC(C)(N)CNC(=O)CN1CCN(c2ccccn2)CC1.Cl.Cl. The zero-order valence-electron chi connectivity index (χ0n) is 13.7. The highest BCUT2D eigenvalue weighted by molar-refractivity contribution is 5.85. The minimum atomic E-state index is -0.368. The maximum absolute atomic E-state index is 11.9. The zero-order chi connectivity index (χ0) is 15.3. The van der Waals surface area contributed by atoms with Crippen LogP contribution in [0, 0.1) is 0 Å². The van der Waals surface area contributed by atoms with Crippen LogP contribution in [0.5, 0.6) is 0 Å². The summed E-state index contributed by atoms with van der Waals surface area (Å²) in [5, 5.41) is 2.88. The topological polar surface area (TPSA) is 74.5 Å². The minimum absolute atomic E-state index is 0. The molecule has 132 valence electrons. The molecule has 0 atom stereocenters. The van der Waals surface area contributed by atoms with E-state index in [2.05, 4.69) is 20.1 Å². The lowest BCUT2D eigenvalue weighted by Crippen LogP contribution is -2.51. The average Bonchev–Trinajstić information content (AvgIpc) is 2.46. The smallest absolute Gasteiger partial charge is 0.234 e. The molecule has 0 bridgehead atoms. The van der Waals surface area contributed by atoms with Gasteiger partial charge in [-0.1, -0.05) is 6.07 Å². The van der Waals surface area contributed by atoms with E-state index < -0.39 is 0 Å². The Hall–Kier alpha value is -1.08. The number of hydrogen-bond acceptors (Lipinski definition) is 5. The molecule has 0 aliphatic carbocycles. The summed E-state index contributed by atoms with van der Waals surface area (Å²) in [4.78, 5) is 20.6. The number of hydrogen-bond donors (Lipinski definition) is 2. The van der Waals surface area contributed by atoms with E-state index in [-0.39, 0.29) is 36.3 Å². The predicted molar refractivity (Wildman–Crippen MR) is 98.7 cm³/mol. The van der Waals surface area contributed by atoms with Crippen LogP contribution in [0.2, 0.25) is 0 Å². The fraction of sp³-hybridized carbons (Fsp3) is 0.600. The van der Waals surface area contributed by atoms with Gasteiger partial charge in [0.1, 0.15) is 5.82 Å². The number of anilines is 1. The molecule has 1 aliphatic heterocycles. The molecule has 0 saturated carbocycles. The molecule has 0 unspecified atom stereocenters. The van der Waals surface area contributed by atoms with E-state index in [1.165, 1.54) is 0 Å². The monoisotopic (exact) mass is 363 g/mol. The summed E-state index contributed by atoms with van der Waals surface area (Å²) in [6.07, 6.45) is 1.81. The Balaban J connectivity index is 0.00000242. The molecular weight excluding hydrogens is 337 g/mol. The van der Waals surface area contributed by atoms with Crippen LogP contribution in [-0.4, -0.2) is 60.6 Å². The first-order valence-corrected chi connectivity index (χ1v) is 7.38. The summed E-state index contributed by atoms with van der Waals surface area (Å²) in [6, 6.07) is 5.94. The zero-order valence-corrected chi connectivity index (χ0v) is 15.3. The number of carbonyl (C=O) groups excluding carboxylic acids is 1. The van der Waals surface area contributed by atoms with Gasteiger partial charge in [0.25, 0.3) is 0 Å². The Morgan fingerprint density at radius 1 is 1.26 bits per heavy atom. The van der Waals surface area contributed by atoms with E-state index >= 15 is 0 Å². The molecule has 1 amide bonds. The number of piperazine rings is 1. The summed E-state index contributed by atoms with van der Waals surface area (Å²) in [7, 11) is 0. The Bertz CT molecular complexity index is 459. The van der Waals surface area contributed by atoms with Crippen molar-refractivity contribution < 1.29 is 4.79 Å². The largest absolute Gasteiger partial charge is 0.354 e. The third-order valence-corrected chi connectivity index (χ3v) is 3.45. The molecule has 1 aromatic heterocycles. The Morgan fingerprint density at radius 2 is 1.91 bits per heavy atom. The standard InChI is InChI=1S/C15H25N5O.2ClH/c1-15(2,16)12-18-14(21)11-19-7-9-20(10-8-19)13-5-3-4-6-17-13;;/h3-6H,7-12,16H2,1-2H3,(H,18,21);2*1H. The normalized spacial score (nSPS) is 15.3. The number of pyridine rings is 1. The molecule has 23 heavy (non-hydrogen) atoms. The molecule has 2 rings (SSSR count). The summed E-state index contributed by atoms with van der Waals surface area (Å²) in [5.41, 5.74) is 5.49. The summed E-state index contributed by atoms with van der Waals surface area (Å²) >= 11 is 0. The molecular formula is C15H27Cl2N5O. The molecule has 0 radical (unpaired) electrons. The van der Waals surface area contributed by atoms with Gasteiger partial charge in [-0.25, -0.2) is 4.98 Å². The van der Waals surface area contributed by atoms with Gasteiger partial charge in [0, 0.05) is 44.5 Å². The van der Waals surface area contributed by atoms with Crippen molar-refractivity contribution in [2.24, 2.45) is 5.73 Å². The van der Waals surface area contributed by atoms with Gasteiger partial charge in [0.05, 0.1) is 6.54 Å². The molecule has 2 heterocycles. The molecule has 3 N–H and O–H groups in total. The molecule has 0 spiro atoms. The molecule has 6 nitrogen and oxygen atoms in total. The summed E-state index contributed by atoms with van der Waals surface area (Å²) in [6.45, 7) is 8.27. The van der Waals surface area contributed by atoms with E-state index in [0.29, 0.717) is 13.1 Å². The van der Waals surface area contributed by atoms with Crippen LogP contribution in [0.25, 0.3) is 0 Å². The Kier molecular flexibility index (Phi) is 9.46. The number of carbonyl (C=O) groups is 1. The number of amides is 1. The maximum Gasteiger partial charge on any atom is 0.234 e. The van der Waals surface area contributed by atoms with Crippen molar-refractivity contribution in [1.82, 2.24) is 15.2 Å². The molecule has 0 aromatic carbocycles. The minimum Gasteiger partial charge on any atom is -0.354 e. The van der Waals surface area contributed by atoms with Crippen molar-refractivity contribution in [3.63, 3.8) is 0 Å². The molecule has 1 saturated heterocycles. The molecule has 1 fully saturated rings. The fourth-order valence-electron chi connectivity index (χ4n) is 2.26. The van der Waals surface area contributed by atoms with Crippen molar-refractivity contribution in [3.05, 3.63) is 24.4 Å². The molecule has 8 heteroatoms. The first-order valence-electron chi connectivity index (χ1n) is 7.38. The van der Waals surface area contributed by atoms with Gasteiger partial charge in [-0.2, -0.15) is 0 Å². The molecule has 1 aliphatic rings. The van der Waals surface area contributed by atoms with E-state index in [9.17, 15) is 4.79 Å². The number of nitrogens with zero attached hydrogens (tertiary/aromatic N) is 3. The van der Waals surface area contributed by atoms with Crippen LogP contribution in [0.4, 0.5) is 5.82 Å². The van der Waals surface area contributed by atoms with Crippen LogP contribution in [-0.2, 0) is 4.79 Å². The quantitative estimate of drug-likeness (QED) is 0.812. The lowest BCUT2D eigenvalue weighted by atomic mass is 10.1. The Labute approximate surface area is 150 Å². The summed E-state index contributed by atoms with van der Waals surface area (Å²) in [5.74, 6) is 1.05. The maximum atomic E-state index is 11.9. The van der Waals surface area contributed by atoms with Gasteiger partial charge in [0.15, 0.2) is 0 Å². The average molecular weight is 364 g/mol. The van der Waals surface area contributed by atoms with Gasteiger partial charge in [0.2, 0.25) is 5.91 Å². The van der Waals surface area contributed by atoms with Crippen molar-refractivity contribution in [2.45, 2.75) is 19.4 Å². The first kappa shape index (κ1) is 21.9. The Morgan fingerprint density at radius 3 is 2.43 bits per heavy atom. The van der Waals surface area contributed by atoms with E-state index in [1.807, 2.05) is 38.2 Å². The van der Waals surface area contributed by atoms with Crippen LogP contribution in [0.3, 0.4) is 0 Å². The van der Waals surface area contributed by atoms with E-state index in [1.54, 1.807) is 0 Å². The highest BCUT2D eigenvalue weighted by Crippen LogP contribution is 2.12. The second-order valence-electron chi connectivity index (χ2n) is 6.22. The van der Waals surface area contributed by atoms with Gasteiger partial charge >= 0.3 is 0 Å². The van der Waals surface area contributed by atoms with Gasteiger partial charge in [-0.15, -0.1) is 24.8 Å².